The number of ketones is 2. The third kappa shape index (κ3) is 1.84. The summed E-state index contributed by atoms with van der Waals surface area (Å²) in [6.07, 6.45) is 3.70. The molecule has 4 heterocycles. The fraction of sp³-hybridized carbons (Fsp3) is 0. The predicted octanol–water partition coefficient (Wildman–Crippen LogP) is 4.85. The number of aromatic amines is 2. The Kier molecular flexibility index (Phi) is 2.80. The van der Waals surface area contributed by atoms with Crippen LogP contribution in [0.25, 0.3) is 30.9 Å². The number of fused-ring (bicyclic) bond motifs is 3. The molecule has 0 fully saturated rings. The van der Waals surface area contributed by atoms with Gasteiger partial charge in [0, 0.05) is 23.5 Å². The predicted molar refractivity (Wildman–Crippen MR) is 95.9 cm³/mol. The van der Waals surface area contributed by atoms with Crippen molar-refractivity contribution in [2.75, 3.05) is 0 Å². The first-order chi connectivity index (χ1) is 11.7. The molecule has 0 spiro atoms. The van der Waals surface area contributed by atoms with E-state index >= 15 is 0 Å². The maximum atomic E-state index is 12.5. The minimum atomic E-state index is -0.414. The number of carbonyl (C=O) groups excluding carboxylic acids is 2. The molecule has 0 aromatic carbocycles. The van der Waals surface area contributed by atoms with Crippen molar-refractivity contribution in [2.24, 2.45) is 0 Å². The first kappa shape index (κ1) is 13.7. The van der Waals surface area contributed by atoms with Gasteiger partial charge in [-0.1, -0.05) is 0 Å². The van der Waals surface area contributed by atoms with E-state index in [1.54, 1.807) is 22.7 Å². The highest BCUT2D eigenvalue weighted by atomic mass is 32.1. The van der Waals surface area contributed by atoms with Gasteiger partial charge in [0.1, 0.15) is 0 Å². The molecule has 4 nitrogen and oxygen atoms in total. The number of rotatable bonds is 2. The van der Waals surface area contributed by atoms with Gasteiger partial charge < -0.3 is 9.97 Å². The summed E-state index contributed by atoms with van der Waals surface area (Å²) in [4.78, 5) is 35.0. The standard InChI is InChI=1S/C18H10N2O2S2/c21-15-9-7-13(11-3-1-5-19-11)23-17(9)18-10(16(15)22)8-14(24-18)12-4-2-6-20-12/h1-8,19-20H. The normalized spacial score (nSPS) is 13.2. The molecule has 1 aliphatic rings. The first-order valence-corrected chi connectivity index (χ1v) is 9.00. The molecule has 24 heavy (non-hydrogen) atoms. The fourth-order valence-corrected chi connectivity index (χ4v) is 5.38. The van der Waals surface area contributed by atoms with Crippen molar-refractivity contribution in [3.05, 3.63) is 59.9 Å². The second kappa shape index (κ2) is 4.90. The van der Waals surface area contributed by atoms with Crippen LogP contribution in [0.5, 0.6) is 0 Å². The zero-order valence-electron chi connectivity index (χ0n) is 12.3. The smallest absolute Gasteiger partial charge is 0.235 e. The van der Waals surface area contributed by atoms with E-state index in [-0.39, 0.29) is 0 Å². The zero-order valence-corrected chi connectivity index (χ0v) is 13.9. The Hall–Kier alpha value is -2.70. The van der Waals surface area contributed by atoms with Gasteiger partial charge in [-0.05, 0) is 36.4 Å². The Labute approximate surface area is 144 Å². The van der Waals surface area contributed by atoms with E-state index in [0.717, 1.165) is 30.9 Å². The largest absolute Gasteiger partial charge is 0.361 e. The highest BCUT2D eigenvalue weighted by Gasteiger charge is 2.34. The van der Waals surface area contributed by atoms with Gasteiger partial charge in [-0.25, -0.2) is 0 Å². The minimum Gasteiger partial charge on any atom is -0.361 e. The van der Waals surface area contributed by atoms with Crippen LogP contribution in [0.1, 0.15) is 20.7 Å². The van der Waals surface area contributed by atoms with Gasteiger partial charge in [0.2, 0.25) is 11.6 Å². The molecule has 0 atom stereocenters. The lowest BCUT2D eigenvalue weighted by atomic mass is 9.95. The monoisotopic (exact) mass is 350 g/mol. The van der Waals surface area contributed by atoms with Gasteiger partial charge in [0.15, 0.2) is 0 Å². The van der Waals surface area contributed by atoms with Crippen molar-refractivity contribution in [1.29, 1.82) is 0 Å². The van der Waals surface area contributed by atoms with E-state index in [9.17, 15) is 9.59 Å². The molecule has 4 aromatic rings. The van der Waals surface area contributed by atoms with Crippen molar-refractivity contribution in [1.82, 2.24) is 9.97 Å². The van der Waals surface area contributed by atoms with Crippen molar-refractivity contribution in [3.8, 4) is 30.9 Å². The van der Waals surface area contributed by atoms with Crippen LogP contribution in [-0.2, 0) is 0 Å². The quantitative estimate of drug-likeness (QED) is 0.508. The molecular weight excluding hydrogens is 340 g/mol. The number of hydrogen-bond acceptors (Lipinski definition) is 4. The number of hydrogen-bond donors (Lipinski definition) is 2. The Balaban J connectivity index is 1.73. The molecule has 0 saturated carbocycles. The second-order valence-electron chi connectivity index (χ2n) is 5.53. The fourth-order valence-electron chi connectivity index (χ4n) is 2.93. The molecule has 4 aromatic heterocycles. The Morgan fingerprint density at radius 2 is 1.17 bits per heavy atom. The van der Waals surface area contributed by atoms with Crippen molar-refractivity contribution >= 4 is 34.2 Å². The SMILES string of the molecule is O=C1C(=O)c2cc(-c3ccc[nH]3)sc2-c2sc(-c3ccc[nH]3)cc21. The summed E-state index contributed by atoms with van der Waals surface area (Å²) in [5.74, 6) is -0.829. The minimum absolute atomic E-state index is 0.414. The molecule has 0 bridgehead atoms. The van der Waals surface area contributed by atoms with E-state index in [1.165, 1.54) is 0 Å². The number of carbonyl (C=O) groups is 2. The Morgan fingerprint density at radius 3 is 1.54 bits per heavy atom. The van der Waals surface area contributed by atoms with Crippen LogP contribution in [0.2, 0.25) is 0 Å². The summed E-state index contributed by atoms with van der Waals surface area (Å²) in [7, 11) is 0. The van der Waals surface area contributed by atoms with Crippen LogP contribution in [0.4, 0.5) is 0 Å². The Morgan fingerprint density at radius 1 is 0.708 bits per heavy atom. The average Bonchev–Trinajstić information content (AvgIpc) is 3.38. The van der Waals surface area contributed by atoms with E-state index in [2.05, 4.69) is 9.97 Å². The van der Waals surface area contributed by atoms with E-state index in [1.807, 2.05) is 48.8 Å². The second-order valence-corrected chi connectivity index (χ2v) is 7.64. The van der Waals surface area contributed by atoms with Gasteiger partial charge in [0.25, 0.3) is 0 Å². The number of H-pyrrole nitrogens is 2. The highest BCUT2D eigenvalue weighted by Crippen LogP contribution is 2.47. The summed E-state index contributed by atoms with van der Waals surface area (Å²) in [5, 5.41) is 0. The van der Waals surface area contributed by atoms with Crippen LogP contribution in [0, 0.1) is 0 Å². The first-order valence-electron chi connectivity index (χ1n) is 7.37. The van der Waals surface area contributed by atoms with Gasteiger partial charge >= 0.3 is 0 Å². The number of nitrogens with one attached hydrogen (secondary N) is 2. The highest BCUT2D eigenvalue weighted by molar-refractivity contribution is 7.26. The molecule has 0 unspecified atom stereocenters. The van der Waals surface area contributed by atoms with Gasteiger partial charge in [0.05, 0.1) is 30.9 Å². The van der Waals surface area contributed by atoms with Gasteiger partial charge in [-0.3, -0.25) is 9.59 Å². The summed E-state index contributed by atoms with van der Waals surface area (Å²) >= 11 is 3.10. The molecule has 1 aliphatic carbocycles. The number of thiophene rings is 2. The van der Waals surface area contributed by atoms with Crippen LogP contribution in [0.15, 0.2) is 48.8 Å². The maximum absolute atomic E-state index is 12.5. The molecule has 0 amide bonds. The molecule has 0 radical (unpaired) electrons. The lowest BCUT2D eigenvalue weighted by Gasteiger charge is -2.08. The third-order valence-electron chi connectivity index (χ3n) is 4.09. The molecule has 5 rings (SSSR count). The average molecular weight is 350 g/mol. The summed E-state index contributed by atoms with van der Waals surface area (Å²) in [6.45, 7) is 0. The van der Waals surface area contributed by atoms with Gasteiger partial charge in [-0.15, -0.1) is 22.7 Å². The van der Waals surface area contributed by atoms with Crippen LogP contribution >= 0.6 is 22.7 Å². The third-order valence-corrected chi connectivity index (χ3v) is 6.59. The van der Waals surface area contributed by atoms with E-state index < -0.39 is 11.6 Å². The van der Waals surface area contributed by atoms with Crippen molar-refractivity contribution < 1.29 is 9.59 Å². The van der Waals surface area contributed by atoms with E-state index in [0.29, 0.717) is 11.1 Å². The molecule has 6 heteroatoms. The number of Topliss-reactive ketones (excluding diaryl/α,β-unsaturated/α-hetero) is 2. The molecule has 0 aliphatic heterocycles. The summed E-state index contributed by atoms with van der Waals surface area (Å²) in [6, 6.07) is 11.4. The zero-order chi connectivity index (χ0) is 16.3. The van der Waals surface area contributed by atoms with E-state index in [4.69, 9.17) is 0 Å². The lowest BCUT2D eigenvalue weighted by molar-refractivity contribution is 0.0816. The van der Waals surface area contributed by atoms with Crippen molar-refractivity contribution in [2.45, 2.75) is 0 Å². The topological polar surface area (TPSA) is 65.7 Å². The van der Waals surface area contributed by atoms with Crippen LogP contribution < -0.4 is 0 Å². The number of aromatic nitrogens is 2. The molecule has 0 saturated heterocycles. The molecular formula is C18H10N2O2S2. The molecule has 116 valence electrons. The molecule has 2 N–H and O–H groups in total. The maximum Gasteiger partial charge on any atom is 0.235 e. The van der Waals surface area contributed by atoms with Crippen LogP contribution in [-0.4, -0.2) is 21.5 Å². The lowest BCUT2D eigenvalue weighted by Crippen LogP contribution is -2.18. The Bertz CT molecular complexity index is 994. The van der Waals surface area contributed by atoms with Crippen LogP contribution in [0.3, 0.4) is 0 Å². The van der Waals surface area contributed by atoms with Crippen molar-refractivity contribution in [3.63, 3.8) is 0 Å². The summed E-state index contributed by atoms with van der Waals surface area (Å²) in [5.41, 5.74) is 2.94. The van der Waals surface area contributed by atoms with Gasteiger partial charge in [-0.2, -0.15) is 0 Å². The summed E-state index contributed by atoms with van der Waals surface area (Å²) < 4.78 is 0.